The van der Waals surface area contributed by atoms with Crippen LogP contribution in [0.4, 0.5) is 0 Å². The summed E-state index contributed by atoms with van der Waals surface area (Å²) in [6.45, 7) is 3.42. The second-order valence-corrected chi connectivity index (χ2v) is 8.72. The van der Waals surface area contributed by atoms with Crippen molar-refractivity contribution < 1.29 is 13.2 Å². The molecule has 1 saturated heterocycles. The largest absolute Gasteiger partial charge is 0.378 e. The smallest absolute Gasteiger partial charge is 0.242 e. The third-order valence-electron chi connectivity index (χ3n) is 3.27. The number of hydrogen-bond donors (Lipinski definition) is 2. The van der Waals surface area contributed by atoms with E-state index in [0.29, 0.717) is 23.5 Å². The molecule has 1 aliphatic rings. The number of ether oxygens (including phenoxy) is 1. The van der Waals surface area contributed by atoms with Gasteiger partial charge in [-0.2, -0.15) is 0 Å². The maximum Gasteiger partial charge on any atom is 0.242 e. The molecule has 2 rings (SSSR count). The maximum absolute atomic E-state index is 12.2. The van der Waals surface area contributed by atoms with Crippen molar-refractivity contribution in [1.82, 2.24) is 4.72 Å². The number of hydrogen-bond acceptors (Lipinski definition) is 5. The van der Waals surface area contributed by atoms with Crippen LogP contribution in [-0.2, 0) is 21.3 Å². The van der Waals surface area contributed by atoms with Crippen LogP contribution in [0.5, 0.6) is 0 Å². The fourth-order valence-electron chi connectivity index (χ4n) is 2.02. The van der Waals surface area contributed by atoms with Gasteiger partial charge in [0.1, 0.15) is 4.90 Å². The summed E-state index contributed by atoms with van der Waals surface area (Å²) in [7, 11) is -3.49. The molecule has 3 N–H and O–H groups in total. The predicted octanol–water partition coefficient (Wildman–Crippen LogP) is 1.67. The monoisotopic (exact) mass is 368 g/mol. The maximum atomic E-state index is 12.2. The molecule has 2 atom stereocenters. The molecule has 1 aromatic heterocycles. The number of nitrogens with two attached hydrogens (primary N) is 1. The van der Waals surface area contributed by atoms with Crippen LogP contribution in [-0.4, -0.2) is 27.7 Å². The van der Waals surface area contributed by atoms with Gasteiger partial charge in [-0.25, -0.2) is 13.1 Å². The summed E-state index contributed by atoms with van der Waals surface area (Å²) < 4.78 is 33.1. The number of thiophene rings is 1. The van der Waals surface area contributed by atoms with Crippen LogP contribution in [0.15, 0.2) is 14.7 Å². The Morgan fingerprint density at radius 2 is 2.37 bits per heavy atom. The van der Waals surface area contributed by atoms with E-state index < -0.39 is 10.0 Å². The van der Waals surface area contributed by atoms with Gasteiger partial charge in [-0.15, -0.1) is 11.3 Å². The van der Waals surface area contributed by atoms with Gasteiger partial charge in [0.15, 0.2) is 0 Å². The van der Waals surface area contributed by atoms with E-state index in [9.17, 15) is 8.42 Å². The molecule has 108 valence electrons. The van der Waals surface area contributed by atoms with E-state index in [4.69, 9.17) is 10.5 Å². The van der Waals surface area contributed by atoms with Crippen molar-refractivity contribution in [2.75, 3.05) is 13.2 Å². The van der Waals surface area contributed by atoms with Crippen molar-refractivity contribution >= 4 is 37.3 Å². The minimum Gasteiger partial charge on any atom is -0.378 e. The molecule has 2 heterocycles. The van der Waals surface area contributed by atoms with Gasteiger partial charge in [-0.1, -0.05) is 0 Å². The second kappa shape index (κ2) is 6.19. The molecule has 1 aliphatic heterocycles. The normalized spacial score (nSPS) is 23.9. The Morgan fingerprint density at radius 3 is 2.89 bits per heavy atom. The Balaban J connectivity index is 2.07. The molecule has 0 spiro atoms. The zero-order chi connectivity index (χ0) is 14.0. The summed E-state index contributed by atoms with van der Waals surface area (Å²) in [5, 5.41) is 0. The van der Waals surface area contributed by atoms with E-state index in [1.165, 1.54) is 11.3 Å². The lowest BCUT2D eigenvalue weighted by atomic mass is 10.0. The van der Waals surface area contributed by atoms with Crippen LogP contribution < -0.4 is 10.5 Å². The minimum atomic E-state index is -3.49. The zero-order valence-electron chi connectivity index (χ0n) is 10.6. The van der Waals surface area contributed by atoms with Crippen molar-refractivity contribution in [3.8, 4) is 0 Å². The van der Waals surface area contributed by atoms with E-state index in [1.807, 2.05) is 6.92 Å². The molecule has 0 bridgehead atoms. The molecular formula is C11H17BrN2O3S2. The third-order valence-corrected chi connectivity index (χ3v) is 6.96. The van der Waals surface area contributed by atoms with E-state index >= 15 is 0 Å². The van der Waals surface area contributed by atoms with Crippen LogP contribution in [0.2, 0.25) is 0 Å². The molecule has 0 aromatic carbocycles. The minimum absolute atomic E-state index is 0.105. The lowest BCUT2D eigenvalue weighted by Gasteiger charge is -2.14. The third kappa shape index (κ3) is 3.56. The van der Waals surface area contributed by atoms with Gasteiger partial charge in [0.05, 0.1) is 9.89 Å². The van der Waals surface area contributed by atoms with Crippen molar-refractivity contribution in [2.45, 2.75) is 30.9 Å². The molecule has 0 aliphatic carbocycles. The highest BCUT2D eigenvalue weighted by Crippen LogP contribution is 2.31. The summed E-state index contributed by atoms with van der Waals surface area (Å²) in [5.41, 5.74) is 5.52. The summed E-state index contributed by atoms with van der Waals surface area (Å²) in [6, 6.07) is 1.62. The van der Waals surface area contributed by atoms with E-state index in [-0.39, 0.29) is 16.9 Å². The number of nitrogens with one attached hydrogen (secondary N) is 1. The summed E-state index contributed by atoms with van der Waals surface area (Å²) in [5.74, 6) is 0.237. The van der Waals surface area contributed by atoms with E-state index in [2.05, 4.69) is 20.7 Å². The van der Waals surface area contributed by atoms with Crippen LogP contribution >= 0.6 is 27.3 Å². The number of halogens is 1. The Labute approximate surface area is 125 Å². The van der Waals surface area contributed by atoms with Crippen LogP contribution in [0.3, 0.4) is 0 Å². The highest BCUT2D eigenvalue weighted by molar-refractivity contribution is 9.11. The fourth-order valence-corrected chi connectivity index (χ4v) is 5.67. The van der Waals surface area contributed by atoms with Crippen LogP contribution in [0.1, 0.15) is 18.2 Å². The summed E-state index contributed by atoms with van der Waals surface area (Å²) >= 11 is 4.63. The molecule has 1 fully saturated rings. The van der Waals surface area contributed by atoms with Gasteiger partial charge in [-0.05, 0) is 35.3 Å². The average Bonchev–Trinajstić information content (AvgIpc) is 2.93. The lowest BCUT2D eigenvalue weighted by Crippen LogP contribution is -2.32. The van der Waals surface area contributed by atoms with E-state index in [0.717, 1.165) is 11.3 Å². The standard InChI is InChI=1S/C11H17BrN2O3S2/c1-7-8(2-3-17-7)6-14-19(15,16)10-4-9(5-13)18-11(10)12/h4,7-8,14H,2-3,5-6,13H2,1H3. The molecule has 19 heavy (non-hydrogen) atoms. The van der Waals surface area contributed by atoms with Crippen molar-refractivity contribution in [2.24, 2.45) is 11.7 Å². The van der Waals surface area contributed by atoms with Gasteiger partial charge in [0.25, 0.3) is 0 Å². The van der Waals surface area contributed by atoms with Gasteiger partial charge in [0.2, 0.25) is 10.0 Å². The highest BCUT2D eigenvalue weighted by Gasteiger charge is 2.27. The van der Waals surface area contributed by atoms with Crippen LogP contribution in [0.25, 0.3) is 0 Å². The summed E-state index contributed by atoms with van der Waals surface area (Å²) in [4.78, 5) is 1.11. The number of rotatable bonds is 5. The summed E-state index contributed by atoms with van der Waals surface area (Å²) in [6.07, 6.45) is 0.996. The molecule has 1 aromatic rings. The molecular weight excluding hydrogens is 352 g/mol. The van der Waals surface area contributed by atoms with Gasteiger partial charge in [-0.3, -0.25) is 0 Å². The van der Waals surface area contributed by atoms with Crippen molar-refractivity contribution in [1.29, 1.82) is 0 Å². The zero-order valence-corrected chi connectivity index (χ0v) is 13.8. The van der Waals surface area contributed by atoms with Crippen molar-refractivity contribution in [3.05, 3.63) is 14.7 Å². The first kappa shape index (κ1) is 15.4. The average molecular weight is 369 g/mol. The quantitative estimate of drug-likeness (QED) is 0.827. The Hall–Kier alpha value is 0.01000. The van der Waals surface area contributed by atoms with E-state index in [1.54, 1.807) is 6.07 Å². The number of sulfonamides is 1. The SMILES string of the molecule is CC1OCCC1CNS(=O)(=O)c1cc(CN)sc1Br. The topological polar surface area (TPSA) is 81.4 Å². The van der Waals surface area contributed by atoms with Crippen molar-refractivity contribution in [3.63, 3.8) is 0 Å². The highest BCUT2D eigenvalue weighted by atomic mass is 79.9. The second-order valence-electron chi connectivity index (χ2n) is 4.53. The molecule has 5 nitrogen and oxygen atoms in total. The molecule has 0 radical (unpaired) electrons. The lowest BCUT2D eigenvalue weighted by molar-refractivity contribution is 0.107. The molecule has 0 amide bonds. The van der Waals surface area contributed by atoms with Crippen LogP contribution in [0, 0.1) is 5.92 Å². The van der Waals surface area contributed by atoms with Gasteiger partial charge in [0, 0.05) is 30.5 Å². The Bertz CT molecular complexity index is 544. The first-order chi connectivity index (χ1) is 8.94. The molecule has 0 saturated carbocycles. The Kier molecular flexibility index (Phi) is 5.02. The van der Waals surface area contributed by atoms with Gasteiger partial charge >= 0.3 is 0 Å². The Morgan fingerprint density at radius 1 is 1.63 bits per heavy atom. The fraction of sp³-hybridized carbons (Fsp3) is 0.636. The predicted molar refractivity (Wildman–Crippen MR) is 78.6 cm³/mol. The van der Waals surface area contributed by atoms with Gasteiger partial charge < -0.3 is 10.5 Å². The first-order valence-electron chi connectivity index (χ1n) is 6.03. The molecule has 2 unspecified atom stereocenters. The molecule has 8 heteroatoms. The first-order valence-corrected chi connectivity index (χ1v) is 9.13.